The number of hydrogen-bond acceptors (Lipinski definition) is 5. The van der Waals surface area contributed by atoms with Crippen molar-refractivity contribution in [3.8, 4) is 56.5 Å². The Morgan fingerprint density at radius 2 is 1.17 bits per heavy atom. The molecule has 1 atom stereocenters. The quantitative estimate of drug-likeness (QED) is 0.183. The Morgan fingerprint density at radius 1 is 0.500 bits per heavy atom. The standard InChI is InChI=1S/C47H32N4O/c1-4-12-30(13-5-1)36-24-21-31-18-11-27-48-44(31)39-28-34(22-25-37(36)39)35-23-26-41-40(29-35)43-38(19-10-20-42(43)52-41)47-50-45(32-14-6-2-7-15-32)49-46(51-47)33-16-8-3-9-17-33/h1-20,22-23,25-29,36H,21,24H2. The van der Waals surface area contributed by atoms with Crippen molar-refractivity contribution in [2.24, 2.45) is 0 Å². The Labute approximate surface area is 301 Å². The number of pyridine rings is 1. The second kappa shape index (κ2) is 12.6. The summed E-state index contributed by atoms with van der Waals surface area (Å²) in [5, 5.41) is 2.00. The normalized spacial score (nSPS) is 13.8. The summed E-state index contributed by atoms with van der Waals surface area (Å²) < 4.78 is 6.47. The van der Waals surface area contributed by atoms with Crippen LogP contribution < -0.4 is 0 Å². The fourth-order valence-electron chi connectivity index (χ4n) is 7.74. The van der Waals surface area contributed by atoms with Gasteiger partial charge in [-0.05, 0) is 71.0 Å². The lowest BCUT2D eigenvalue weighted by molar-refractivity contribution is 0.669. The zero-order valence-corrected chi connectivity index (χ0v) is 28.3. The van der Waals surface area contributed by atoms with Crippen molar-refractivity contribution in [3.05, 3.63) is 181 Å². The van der Waals surface area contributed by atoms with Gasteiger partial charge < -0.3 is 4.42 Å². The number of aryl methyl sites for hydroxylation is 1. The van der Waals surface area contributed by atoms with Crippen molar-refractivity contribution < 1.29 is 4.42 Å². The molecule has 6 aromatic carbocycles. The fraction of sp³-hybridized carbons (Fsp3) is 0.0638. The van der Waals surface area contributed by atoms with Crippen LogP contribution in [-0.4, -0.2) is 19.9 Å². The summed E-state index contributed by atoms with van der Waals surface area (Å²) in [5.41, 5.74) is 12.8. The maximum absolute atomic E-state index is 6.47. The van der Waals surface area contributed by atoms with Crippen LogP contribution in [-0.2, 0) is 6.42 Å². The van der Waals surface area contributed by atoms with Gasteiger partial charge in [-0.3, -0.25) is 4.98 Å². The SMILES string of the molecule is c1ccc(-c2nc(-c3ccccc3)nc(-c3cccc4oc5ccc(-c6ccc7c(c6)-c6ncccc6CCC7c6ccccc6)cc5c34)n2)cc1. The Kier molecular flexibility index (Phi) is 7.28. The van der Waals surface area contributed by atoms with Crippen LogP contribution in [0, 0.1) is 0 Å². The zero-order valence-electron chi connectivity index (χ0n) is 28.3. The van der Waals surface area contributed by atoms with Gasteiger partial charge in [0.2, 0.25) is 0 Å². The highest BCUT2D eigenvalue weighted by Crippen LogP contribution is 2.43. The monoisotopic (exact) mass is 668 g/mol. The highest BCUT2D eigenvalue weighted by Gasteiger charge is 2.25. The number of fused-ring (bicyclic) bond motifs is 6. The predicted molar refractivity (Wildman–Crippen MR) is 209 cm³/mol. The van der Waals surface area contributed by atoms with Crippen LogP contribution >= 0.6 is 0 Å². The molecule has 0 aliphatic heterocycles. The third-order valence-electron chi connectivity index (χ3n) is 10.2. The molecule has 0 N–H and O–H groups in total. The molecule has 246 valence electrons. The fourth-order valence-corrected chi connectivity index (χ4v) is 7.74. The molecule has 1 aliphatic rings. The van der Waals surface area contributed by atoms with E-state index in [2.05, 4.69) is 84.9 Å². The van der Waals surface area contributed by atoms with Gasteiger partial charge in [0.15, 0.2) is 17.5 Å². The first-order chi connectivity index (χ1) is 25.8. The minimum absolute atomic E-state index is 0.296. The Balaban J connectivity index is 1.14. The smallest absolute Gasteiger partial charge is 0.164 e. The van der Waals surface area contributed by atoms with E-state index in [4.69, 9.17) is 24.4 Å². The zero-order chi connectivity index (χ0) is 34.4. The van der Waals surface area contributed by atoms with Gasteiger partial charge in [-0.15, -0.1) is 0 Å². The molecule has 1 aliphatic carbocycles. The summed E-state index contributed by atoms with van der Waals surface area (Å²) in [6, 6.07) is 54.8. The molecule has 0 bridgehead atoms. The van der Waals surface area contributed by atoms with E-state index in [1.54, 1.807) is 0 Å². The number of hydrogen-bond donors (Lipinski definition) is 0. The molecule has 0 saturated carbocycles. The predicted octanol–water partition coefficient (Wildman–Crippen LogP) is 11.6. The van der Waals surface area contributed by atoms with E-state index in [0.29, 0.717) is 23.4 Å². The molecule has 5 heteroatoms. The summed E-state index contributed by atoms with van der Waals surface area (Å²) in [7, 11) is 0. The van der Waals surface area contributed by atoms with Crippen LogP contribution in [0.15, 0.2) is 168 Å². The summed E-state index contributed by atoms with van der Waals surface area (Å²) in [6.45, 7) is 0. The lowest BCUT2D eigenvalue weighted by Gasteiger charge is -2.19. The van der Waals surface area contributed by atoms with Crippen molar-refractivity contribution in [1.82, 2.24) is 19.9 Å². The molecule has 0 fully saturated rings. The lowest BCUT2D eigenvalue weighted by Crippen LogP contribution is -2.02. The summed E-state index contributed by atoms with van der Waals surface area (Å²) >= 11 is 0. The van der Waals surface area contributed by atoms with E-state index < -0.39 is 0 Å². The van der Waals surface area contributed by atoms with Crippen LogP contribution in [0.1, 0.15) is 29.0 Å². The van der Waals surface area contributed by atoms with Crippen molar-refractivity contribution in [2.75, 3.05) is 0 Å². The molecule has 5 nitrogen and oxygen atoms in total. The summed E-state index contributed by atoms with van der Waals surface area (Å²) in [6.07, 6.45) is 3.94. The maximum atomic E-state index is 6.47. The van der Waals surface area contributed by atoms with E-state index in [1.807, 2.05) is 79.0 Å². The molecule has 3 heterocycles. The van der Waals surface area contributed by atoms with E-state index in [9.17, 15) is 0 Å². The van der Waals surface area contributed by atoms with E-state index >= 15 is 0 Å². The topological polar surface area (TPSA) is 64.7 Å². The average molecular weight is 669 g/mol. The van der Waals surface area contributed by atoms with Crippen molar-refractivity contribution in [3.63, 3.8) is 0 Å². The van der Waals surface area contributed by atoms with Gasteiger partial charge >= 0.3 is 0 Å². The Morgan fingerprint density at radius 3 is 1.92 bits per heavy atom. The molecule has 3 aromatic heterocycles. The number of furan rings is 1. The molecule has 0 saturated heterocycles. The molecule has 52 heavy (non-hydrogen) atoms. The summed E-state index contributed by atoms with van der Waals surface area (Å²) in [5.74, 6) is 2.15. The van der Waals surface area contributed by atoms with Crippen molar-refractivity contribution in [2.45, 2.75) is 18.8 Å². The first kappa shape index (κ1) is 30.1. The number of nitrogens with zero attached hydrogens (tertiary/aromatic N) is 4. The molecule has 0 radical (unpaired) electrons. The largest absolute Gasteiger partial charge is 0.456 e. The highest BCUT2D eigenvalue weighted by atomic mass is 16.3. The van der Waals surface area contributed by atoms with Gasteiger partial charge in [0.1, 0.15) is 11.2 Å². The third kappa shape index (κ3) is 5.26. The number of aromatic nitrogens is 4. The van der Waals surface area contributed by atoms with Crippen LogP contribution in [0.5, 0.6) is 0 Å². The minimum atomic E-state index is 0.296. The molecular formula is C47H32N4O. The summed E-state index contributed by atoms with van der Waals surface area (Å²) in [4.78, 5) is 20.0. The highest BCUT2D eigenvalue weighted by molar-refractivity contribution is 6.12. The second-order valence-electron chi connectivity index (χ2n) is 13.3. The lowest BCUT2D eigenvalue weighted by atomic mass is 9.85. The Bertz CT molecular complexity index is 2680. The van der Waals surface area contributed by atoms with E-state index in [0.717, 1.165) is 68.3 Å². The van der Waals surface area contributed by atoms with Crippen molar-refractivity contribution >= 4 is 21.9 Å². The van der Waals surface area contributed by atoms with Gasteiger partial charge in [-0.1, -0.05) is 127 Å². The number of rotatable bonds is 5. The molecule has 10 rings (SSSR count). The minimum Gasteiger partial charge on any atom is -0.456 e. The van der Waals surface area contributed by atoms with Crippen LogP contribution in [0.2, 0.25) is 0 Å². The molecule has 0 spiro atoms. The average Bonchev–Trinajstić information content (AvgIpc) is 3.52. The van der Waals surface area contributed by atoms with E-state index in [1.165, 1.54) is 22.3 Å². The van der Waals surface area contributed by atoms with Gasteiger partial charge in [0.05, 0.1) is 5.69 Å². The number of benzene rings is 6. The van der Waals surface area contributed by atoms with Crippen LogP contribution in [0.25, 0.3) is 78.5 Å². The Hall–Kier alpha value is -6.72. The molecule has 1 unspecified atom stereocenters. The first-order valence-corrected chi connectivity index (χ1v) is 17.7. The first-order valence-electron chi connectivity index (χ1n) is 17.7. The van der Waals surface area contributed by atoms with Crippen LogP contribution in [0.4, 0.5) is 0 Å². The van der Waals surface area contributed by atoms with Gasteiger partial charge in [-0.2, -0.15) is 0 Å². The second-order valence-corrected chi connectivity index (χ2v) is 13.3. The molecule has 0 amide bonds. The third-order valence-corrected chi connectivity index (χ3v) is 10.2. The molecule has 9 aromatic rings. The molecular weight excluding hydrogens is 637 g/mol. The van der Waals surface area contributed by atoms with Gasteiger partial charge in [0.25, 0.3) is 0 Å². The van der Waals surface area contributed by atoms with Gasteiger partial charge in [0, 0.05) is 45.1 Å². The van der Waals surface area contributed by atoms with Crippen LogP contribution in [0.3, 0.4) is 0 Å². The maximum Gasteiger partial charge on any atom is 0.164 e. The van der Waals surface area contributed by atoms with Crippen molar-refractivity contribution in [1.29, 1.82) is 0 Å². The van der Waals surface area contributed by atoms with E-state index in [-0.39, 0.29) is 0 Å². The van der Waals surface area contributed by atoms with Gasteiger partial charge in [-0.25, -0.2) is 15.0 Å².